The zero-order valence-electron chi connectivity index (χ0n) is 17.1. The number of thioether (sulfide) groups is 1. The van der Waals surface area contributed by atoms with E-state index in [4.69, 9.17) is 0 Å². The van der Waals surface area contributed by atoms with Crippen LogP contribution in [0.5, 0.6) is 0 Å². The molecule has 0 radical (unpaired) electrons. The van der Waals surface area contributed by atoms with Crippen molar-refractivity contribution < 1.29 is 4.79 Å². The van der Waals surface area contributed by atoms with E-state index in [-0.39, 0.29) is 17.2 Å². The third-order valence-electron chi connectivity index (χ3n) is 5.39. The average Bonchev–Trinajstić information content (AvgIpc) is 2.81. The smallest absolute Gasteiger partial charge is 0.235 e. The topological polar surface area (TPSA) is 49.3 Å². The van der Waals surface area contributed by atoms with Crippen LogP contribution in [0.25, 0.3) is 0 Å². The largest absolute Gasteiger partial charge is 0.339 e. The molecule has 1 saturated heterocycles. The maximum absolute atomic E-state index is 12.9. The van der Waals surface area contributed by atoms with Crippen molar-refractivity contribution in [2.75, 3.05) is 26.2 Å². The highest BCUT2D eigenvalue weighted by atomic mass is 32.2. The number of piperazine rings is 1. The highest BCUT2D eigenvalue weighted by molar-refractivity contribution is 8.00. The third-order valence-corrected chi connectivity index (χ3v) is 6.37. The van der Waals surface area contributed by atoms with Crippen LogP contribution in [0.3, 0.4) is 0 Å². The Balaban J connectivity index is 1.42. The van der Waals surface area contributed by atoms with Gasteiger partial charge in [-0.2, -0.15) is 0 Å². The number of nitrogens with zero attached hydrogens (tertiary/aromatic N) is 4. The summed E-state index contributed by atoms with van der Waals surface area (Å²) in [4.78, 5) is 25.8. The van der Waals surface area contributed by atoms with E-state index in [1.165, 1.54) is 22.9 Å². The fraction of sp³-hybridized carbons (Fsp3) is 0.292. The summed E-state index contributed by atoms with van der Waals surface area (Å²) in [6, 6.07) is 23.2. The molecule has 2 aromatic carbocycles. The molecule has 1 amide bonds. The molecular weight excluding hydrogens is 392 g/mol. The quantitative estimate of drug-likeness (QED) is 0.449. The monoisotopic (exact) mass is 418 g/mol. The molecule has 1 fully saturated rings. The Hall–Kier alpha value is -2.70. The highest BCUT2D eigenvalue weighted by Gasteiger charge is 2.30. The maximum Gasteiger partial charge on any atom is 0.235 e. The second-order valence-electron chi connectivity index (χ2n) is 7.38. The van der Waals surface area contributed by atoms with E-state index < -0.39 is 0 Å². The first-order chi connectivity index (χ1) is 14.7. The highest BCUT2D eigenvalue weighted by Crippen LogP contribution is 2.30. The number of carbonyl (C=O) groups is 1. The summed E-state index contributed by atoms with van der Waals surface area (Å²) in [7, 11) is 0. The van der Waals surface area contributed by atoms with Gasteiger partial charge in [0.1, 0.15) is 0 Å². The first-order valence-electron chi connectivity index (χ1n) is 10.3. The first kappa shape index (κ1) is 20.6. The molecule has 2 heterocycles. The summed E-state index contributed by atoms with van der Waals surface area (Å²) in [6.45, 7) is 5.09. The van der Waals surface area contributed by atoms with Crippen LogP contribution < -0.4 is 0 Å². The molecule has 0 bridgehead atoms. The number of amides is 1. The Bertz CT molecular complexity index is 892. The average molecular weight is 419 g/mol. The Morgan fingerprint density at radius 1 is 0.833 bits per heavy atom. The fourth-order valence-corrected chi connectivity index (χ4v) is 4.71. The lowest BCUT2D eigenvalue weighted by Gasteiger charge is -2.40. The van der Waals surface area contributed by atoms with Crippen molar-refractivity contribution in [1.82, 2.24) is 19.8 Å². The Kier molecular flexibility index (Phi) is 6.77. The number of benzene rings is 2. The van der Waals surface area contributed by atoms with E-state index >= 15 is 0 Å². The van der Waals surface area contributed by atoms with Gasteiger partial charge in [-0.15, -0.1) is 0 Å². The second kappa shape index (κ2) is 9.87. The Morgan fingerprint density at radius 2 is 1.37 bits per heavy atom. The lowest BCUT2D eigenvalue weighted by Crippen LogP contribution is -2.51. The normalized spacial score (nSPS) is 15.9. The molecule has 1 unspecified atom stereocenters. The van der Waals surface area contributed by atoms with E-state index in [1.807, 2.05) is 11.8 Å². The SMILES string of the molecule is CC(Sc1ncccn1)C(=O)N1CCN(C(c2ccccc2)c2ccccc2)CC1. The first-order valence-corrected chi connectivity index (χ1v) is 11.2. The van der Waals surface area contributed by atoms with Crippen molar-refractivity contribution >= 4 is 17.7 Å². The van der Waals surface area contributed by atoms with Gasteiger partial charge in [-0.1, -0.05) is 72.4 Å². The van der Waals surface area contributed by atoms with Crippen LogP contribution in [-0.2, 0) is 4.79 Å². The molecular formula is C24H26N4OS. The minimum atomic E-state index is -0.196. The van der Waals surface area contributed by atoms with Gasteiger partial charge in [0.15, 0.2) is 5.16 Å². The van der Waals surface area contributed by atoms with E-state index in [1.54, 1.807) is 18.5 Å². The summed E-state index contributed by atoms with van der Waals surface area (Å²) in [5.74, 6) is 0.156. The van der Waals surface area contributed by atoms with Crippen molar-refractivity contribution in [2.45, 2.75) is 23.4 Å². The van der Waals surface area contributed by atoms with Gasteiger partial charge < -0.3 is 4.90 Å². The second-order valence-corrected chi connectivity index (χ2v) is 8.68. The number of hydrogen-bond donors (Lipinski definition) is 0. The molecule has 4 rings (SSSR count). The zero-order valence-corrected chi connectivity index (χ0v) is 17.9. The van der Waals surface area contributed by atoms with Gasteiger partial charge in [-0.25, -0.2) is 9.97 Å². The summed E-state index contributed by atoms with van der Waals surface area (Å²) >= 11 is 1.42. The lowest BCUT2D eigenvalue weighted by molar-refractivity contribution is -0.132. The van der Waals surface area contributed by atoms with Crippen LogP contribution in [0.1, 0.15) is 24.1 Å². The molecule has 1 aromatic heterocycles. The third kappa shape index (κ3) is 4.89. The van der Waals surface area contributed by atoms with Gasteiger partial charge in [0.05, 0.1) is 11.3 Å². The van der Waals surface area contributed by atoms with Crippen LogP contribution in [0.2, 0.25) is 0 Å². The molecule has 6 heteroatoms. The summed E-state index contributed by atoms with van der Waals surface area (Å²) in [6.07, 6.45) is 3.41. The van der Waals surface area contributed by atoms with Crippen molar-refractivity contribution in [3.05, 3.63) is 90.3 Å². The molecule has 1 atom stereocenters. The summed E-state index contributed by atoms with van der Waals surface area (Å²) < 4.78 is 0. The molecule has 1 aliphatic heterocycles. The van der Waals surface area contributed by atoms with Crippen LogP contribution >= 0.6 is 11.8 Å². The number of hydrogen-bond acceptors (Lipinski definition) is 5. The number of aromatic nitrogens is 2. The number of rotatable bonds is 6. The summed E-state index contributed by atoms with van der Waals surface area (Å²) in [5.41, 5.74) is 2.57. The van der Waals surface area contributed by atoms with Gasteiger partial charge in [-0.3, -0.25) is 9.69 Å². The molecule has 154 valence electrons. The predicted molar refractivity (Wildman–Crippen MR) is 120 cm³/mol. The Labute approximate surface area is 182 Å². The molecule has 0 N–H and O–H groups in total. The van der Waals surface area contributed by atoms with Crippen LogP contribution in [0.15, 0.2) is 84.3 Å². The lowest BCUT2D eigenvalue weighted by atomic mass is 9.96. The van der Waals surface area contributed by atoms with Gasteiger partial charge >= 0.3 is 0 Å². The van der Waals surface area contributed by atoms with Crippen LogP contribution in [0, 0.1) is 0 Å². The number of carbonyl (C=O) groups excluding carboxylic acids is 1. The predicted octanol–water partition coefficient (Wildman–Crippen LogP) is 3.89. The zero-order chi connectivity index (χ0) is 20.8. The molecule has 30 heavy (non-hydrogen) atoms. The minimum Gasteiger partial charge on any atom is -0.339 e. The van der Waals surface area contributed by atoms with E-state index in [9.17, 15) is 4.79 Å². The van der Waals surface area contributed by atoms with Crippen molar-refractivity contribution in [3.63, 3.8) is 0 Å². The molecule has 0 saturated carbocycles. The van der Waals surface area contributed by atoms with E-state index in [2.05, 4.69) is 75.5 Å². The molecule has 0 spiro atoms. The van der Waals surface area contributed by atoms with Gasteiger partial charge in [0, 0.05) is 38.6 Å². The molecule has 5 nitrogen and oxygen atoms in total. The van der Waals surface area contributed by atoms with E-state index in [0.717, 1.165) is 26.2 Å². The van der Waals surface area contributed by atoms with Crippen LogP contribution in [-0.4, -0.2) is 57.1 Å². The van der Waals surface area contributed by atoms with Crippen molar-refractivity contribution in [2.24, 2.45) is 0 Å². The molecule has 3 aromatic rings. The molecule has 0 aliphatic carbocycles. The summed E-state index contributed by atoms with van der Waals surface area (Å²) in [5, 5.41) is 0.447. The Morgan fingerprint density at radius 3 is 1.90 bits per heavy atom. The van der Waals surface area contributed by atoms with Crippen molar-refractivity contribution in [3.8, 4) is 0 Å². The van der Waals surface area contributed by atoms with Crippen LogP contribution in [0.4, 0.5) is 0 Å². The van der Waals surface area contributed by atoms with E-state index in [0.29, 0.717) is 5.16 Å². The minimum absolute atomic E-state index is 0.156. The molecule has 1 aliphatic rings. The standard InChI is InChI=1S/C24H26N4OS/c1-19(30-24-25-13-8-14-26-24)23(29)28-17-15-27(16-18-28)22(20-9-4-2-5-10-20)21-11-6-3-7-12-21/h2-14,19,22H,15-18H2,1H3. The van der Waals surface area contributed by atoms with Gasteiger partial charge in [0.25, 0.3) is 0 Å². The fourth-order valence-electron chi connectivity index (χ4n) is 3.90. The van der Waals surface area contributed by atoms with Gasteiger partial charge in [-0.05, 0) is 24.1 Å². The van der Waals surface area contributed by atoms with Gasteiger partial charge in [0.2, 0.25) is 5.91 Å². The van der Waals surface area contributed by atoms with Crippen molar-refractivity contribution in [1.29, 1.82) is 0 Å². The maximum atomic E-state index is 12.9.